The maximum atomic E-state index is 12.0. The molecular weight excluding hydrogens is 303 g/mol. The Balaban J connectivity index is 2.42. The average Bonchev–Trinajstić information content (AvgIpc) is 2.30. The van der Waals surface area contributed by atoms with E-state index in [2.05, 4.69) is 32.6 Å². The molecule has 2 rings (SSSR count). The summed E-state index contributed by atoms with van der Waals surface area (Å²) in [4.78, 5) is 19.6. The number of hydrogen-bond donors (Lipinski definition) is 0. The minimum Gasteiger partial charge on any atom is -0.288 e. The Kier molecular flexibility index (Phi) is 3.05. The van der Waals surface area contributed by atoms with Crippen LogP contribution in [0.25, 0.3) is 0 Å². The highest BCUT2D eigenvalue weighted by Gasteiger charge is 2.11. The third-order valence-corrected chi connectivity index (χ3v) is 2.88. The van der Waals surface area contributed by atoms with Gasteiger partial charge in [0, 0.05) is 21.5 Å². The van der Waals surface area contributed by atoms with E-state index in [4.69, 9.17) is 0 Å². The first-order valence-corrected chi connectivity index (χ1v) is 5.41. The Morgan fingerprint density at radius 1 is 1.13 bits per heavy atom. The number of aromatic nitrogens is 2. The summed E-state index contributed by atoms with van der Waals surface area (Å²) in [6.45, 7) is 0. The highest BCUT2D eigenvalue weighted by Crippen LogP contribution is 2.15. The van der Waals surface area contributed by atoms with Crippen LogP contribution >= 0.6 is 22.6 Å². The molecule has 0 N–H and O–H groups in total. The lowest BCUT2D eigenvalue weighted by Gasteiger charge is -2.01. The quantitative estimate of drug-likeness (QED) is 0.631. The second kappa shape index (κ2) is 4.48. The van der Waals surface area contributed by atoms with Crippen LogP contribution in [0.3, 0.4) is 0 Å². The molecule has 2 aromatic rings. The number of ketones is 1. The molecule has 0 aliphatic heterocycles. The second-order valence-corrected chi connectivity index (χ2v) is 4.10. The van der Waals surface area contributed by atoms with Gasteiger partial charge in [0.2, 0.25) is 0 Å². The molecule has 0 atom stereocenters. The Morgan fingerprint density at radius 3 is 2.47 bits per heavy atom. The maximum absolute atomic E-state index is 12.0. The van der Waals surface area contributed by atoms with Crippen LogP contribution in [-0.4, -0.2) is 15.8 Å². The summed E-state index contributed by atoms with van der Waals surface area (Å²) in [5, 5.41) is 0. The molecule has 3 nitrogen and oxygen atoms in total. The summed E-state index contributed by atoms with van der Waals surface area (Å²) in [7, 11) is 0. The standard InChI is InChI=1S/C11H7IN2O/c12-10-4-2-1-3-9(10)11(15)8-5-13-7-14-6-8/h1-7H. The molecule has 0 bridgehead atoms. The van der Waals surface area contributed by atoms with Gasteiger partial charge in [-0.2, -0.15) is 0 Å². The van der Waals surface area contributed by atoms with Crippen molar-refractivity contribution in [3.8, 4) is 0 Å². The van der Waals surface area contributed by atoms with Crippen LogP contribution in [0.1, 0.15) is 15.9 Å². The van der Waals surface area contributed by atoms with Crippen molar-refractivity contribution in [3.05, 3.63) is 57.7 Å². The van der Waals surface area contributed by atoms with Crippen LogP contribution in [-0.2, 0) is 0 Å². The van der Waals surface area contributed by atoms with Crippen molar-refractivity contribution in [2.75, 3.05) is 0 Å². The zero-order chi connectivity index (χ0) is 10.7. The number of hydrogen-bond acceptors (Lipinski definition) is 3. The summed E-state index contributed by atoms with van der Waals surface area (Å²) in [6.07, 6.45) is 4.46. The molecule has 1 aromatic carbocycles. The van der Waals surface area contributed by atoms with Gasteiger partial charge in [0.1, 0.15) is 6.33 Å². The topological polar surface area (TPSA) is 42.9 Å². The van der Waals surface area contributed by atoms with Crippen molar-refractivity contribution < 1.29 is 4.79 Å². The molecule has 0 amide bonds. The Hall–Kier alpha value is -1.30. The van der Waals surface area contributed by atoms with E-state index in [1.807, 2.05) is 18.2 Å². The smallest absolute Gasteiger partial charge is 0.197 e. The van der Waals surface area contributed by atoms with E-state index in [-0.39, 0.29) is 5.78 Å². The first-order valence-electron chi connectivity index (χ1n) is 4.33. The lowest BCUT2D eigenvalue weighted by molar-refractivity contribution is 0.103. The fraction of sp³-hybridized carbons (Fsp3) is 0. The third kappa shape index (κ3) is 2.20. The van der Waals surface area contributed by atoms with Gasteiger partial charge in [0.05, 0.1) is 5.56 Å². The molecule has 0 fully saturated rings. The summed E-state index contributed by atoms with van der Waals surface area (Å²) in [6, 6.07) is 7.45. The van der Waals surface area contributed by atoms with Crippen molar-refractivity contribution >= 4 is 28.4 Å². The number of halogens is 1. The van der Waals surface area contributed by atoms with Gasteiger partial charge in [-0.3, -0.25) is 4.79 Å². The van der Waals surface area contributed by atoms with E-state index < -0.39 is 0 Å². The van der Waals surface area contributed by atoms with Crippen molar-refractivity contribution in [1.29, 1.82) is 0 Å². The van der Waals surface area contributed by atoms with Crippen LogP contribution < -0.4 is 0 Å². The lowest BCUT2D eigenvalue weighted by atomic mass is 10.1. The van der Waals surface area contributed by atoms with Crippen LogP contribution in [0.5, 0.6) is 0 Å². The molecule has 0 saturated heterocycles. The predicted octanol–water partition coefficient (Wildman–Crippen LogP) is 2.31. The number of rotatable bonds is 2. The first kappa shape index (κ1) is 10.2. The molecule has 4 heteroatoms. The highest BCUT2D eigenvalue weighted by atomic mass is 127. The number of carbonyl (C=O) groups is 1. The molecule has 0 spiro atoms. The van der Waals surface area contributed by atoms with Crippen molar-refractivity contribution in [1.82, 2.24) is 9.97 Å². The summed E-state index contributed by atoms with van der Waals surface area (Å²) in [5.41, 5.74) is 1.20. The first-order chi connectivity index (χ1) is 7.29. The van der Waals surface area contributed by atoms with Crippen LogP contribution in [0.4, 0.5) is 0 Å². The zero-order valence-electron chi connectivity index (χ0n) is 7.72. The van der Waals surface area contributed by atoms with Gasteiger partial charge in [-0.15, -0.1) is 0 Å². The number of benzene rings is 1. The highest BCUT2D eigenvalue weighted by molar-refractivity contribution is 14.1. The Morgan fingerprint density at radius 2 is 1.80 bits per heavy atom. The molecule has 74 valence electrons. The normalized spacial score (nSPS) is 9.93. The fourth-order valence-electron chi connectivity index (χ4n) is 1.22. The van der Waals surface area contributed by atoms with Crippen LogP contribution in [0.15, 0.2) is 43.0 Å². The van der Waals surface area contributed by atoms with E-state index in [1.54, 1.807) is 6.07 Å². The number of carbonyl (C=O) groups excluding carboxylic acids is 1. The van der Waals surface area contributed by atoms with E-state index in [0.717, 1.165) is 3.57 Å². The van der Waals surface area contributed by atoms with E-state index in [1.165, 1.54) is 18.7 Å². The third-order valence-electron chi connectivity index (χ3n) is 1.94. The van der Waals surface area contributed by atoms with Gasteiger partial charge >= 0.3 is 0 Å². The van der Waals surface area contributed by atoms with Crippen molar-refractivity contribution in [2.45, 2.75) is 0 Å². The molecule has 1 aromatic heterocycles. The Labute approximate surface area is 101 Å². The van der Waals surface area contributed by atoms with Crippen LogP contribution in [0.2, 0.25) is 0 Å². The second-order valence-electron chi connectivity index (χ2n) is 2.94. The molecule has 0 aliphatic carbocycles. The average molecular weight is 310 g/mol. The monoisotopic (exact) mass is 310 g/mol. The van der Waals surface area contributed by atoms with Gasteiger partial charge in [0.25, 0.3) is 0 Å². The van der Waals surface area contributed by atoms with Gasteiger partial charge in [-0.1, -0.05) is 12.1 Å². The van der Waals surface area contributed by atoms with Gasteiger partial charge in [0.15, 0.2) is 5.78 Å². The van der Waals surface area contributed by atoms with Gasteiger partial charge in [-0.05, 0) is 34.7 Å². The minimum atomic E-state index is -0.0411. The predicted molar refractivity (Wildman–Crippen MR) is 64.6 cm³/mol. The summed E-state index contributed by atoms with van der Waals surface area (Å²) >= 11 is 2.14. The maximum Gasteiger partial charge on any atom is 0.197 e. The fourth-order valence-corrected chi connectivity index (χ4v) is 1.85. The molecule has 0 aliphatic rings. The van der Waals surface area contributed by atoms with E-state index in [0.29, 0.717) is 11.1 Å². The molecule has 15 heavy (non-hydrogen) atoms. The summed E-state index contributed by atoms with van der Waals surface area (Å²) in [5.74, 6) is -0.0411. The molecular formula is C11H7IN2O. The van der Waals surface area contributed by atoms with Crippen molar-refractivity contribution in [2.24, 2.45) is 0 Å². The van der Waals surface area contributed by atoms with Crippen LogP contribution in [0, 0.1) is 3.57 Å². The van der Waals surface area contributed by atoms with E-state index >= 15 is 0 Å². The molecule has 0 radical (unpaired) electrons. The molecule has 1 heterocycles. The summed E-state index contributed by atoms with van der Waals surface area (Å²) < 4.78 is 0.934. The number of nitrogens with zero attached hydrogens (tertiary/aromatic N) is 2. The largest absolute Gasteiger partial charge is 0.288 e. The molecule has 0 unspecified atom stereocenters. The van der Waals surface area contributed by atoms with Gasteiger partial charge in [-0.25, -0.2) is 9.97 Å². The Bertz CT molecular complexity index is 485. The zero-order valence-corrected chi connectivity index (χ0v) is 9.88. The van der Waals surface area contributed by atoms with Gasteiger partial charge < -0.3 is 0 Å². The minimum absolute atomic E-state index is 0.0411. The van der Waals surface area contributed by atoms with Crippen molar-refractivity contribution in [3.63, 3.8) is 0 Å². The molecule has 0 saturated carbocycles. The van der Waals surface area contributed by atoms with E-state index in [9.17, 15) is 4.79 Å². The lowest BCUT2D eigenvalue weighted by Crippen LogP contribution is -2.04. The SMILES string of the molecule is O=C(c1cncnc1)c1ccccc1I.